The van der Waals surface area contributed by atoms with Crippen LogP contribution in [0.3, 0.4) is 0 Å². The van der Waals surface area contributed by atoms with Gasteiger partial charge < -0.3 is 0 Å². The van der Waals surface area contributed by atoms with Crippen molar-refractivity contribution in [3.8, 4) is 0 Å². The first-order valence-electron chi connectivity index (χ1n) is 3.81. The fourth-order valence-electron chi connectivity index (χ4n) is 0.842. The molecule has 14 heavy (non-hydrogen) atoms. The molecule has 0 radical (unpaired) electrons. The van der Waals surface area contributed by atoms with Gasteiger partial charge in [-0.05, 0) is 18.7 Å². The highest BCUT2D eigenvalue weighted by molar-refractivity contribution is 8.00. The molecule has 0 unspecified atom stereocenters. The van der Waals surface area contributed by atoms with Crippen LogP contribution < -0.4 is 0 Å². The van der Waals surface area contributed by atoms with Gasteiger partial charge in [-0.2, -0.15) is 4.39 Å². The maximum atomic E-state index is 12.7. The first-order valence-corrected chi connectivity index (χ1v) is 5.51. The molecule has 0 N–H and O–H groups in total. The first-order chi connectivity index (χ1) is 6.74. The molecule has 0 atom stereocenters. The zero-order valence-corrected chi connectivity index (χ0v) is 8.90. The van der Waals surface area contributed by atoms with Crippen molar-refractivity contribution in [2.24, 2.45) is 0 Å². The molecule has 0 spiro atoms. The lowest BCUT2D eigenvalue weighted by Crippen LogP contribution is -1.86. The van der Waals surface area contributed by atoms with Gasteiger partial charge in [0.1, 0.15) is 11.4 Å². The van der Waals surface area contributed by atoms with Crippen molar-refractivity contribution in [1.29, 1.82) is 0 Å². The number of hydrogen-bond acceptors (Lipinski definition) is 5. The summed E-state index contributed by atoms with van der Waals surface area (Å²) in [5.41, 5.74) is 0.965. The van der Waals surface area contributed by atoms with Gasteiger partial charge in [0.2, 0.25) is 5.95 Å². The summed E-state index contributed by atoms with van der Waals surface area (Å²) in [7, 11) is 0. The summed E-state index contributed by atoms with van der Waals surface area (Å²) >= 11 is 2.86. The quantitative estimate of drug-likeness (QED) is 0.739. The van der Waals surface area contributed by atoms with Gasteiger partial charge in [0, 0.05) is 17.1 Å². The molecule has 0 amide bonds. The van der Waals surface area contributed by atoms with Crippen LogP contribution in [0, 0.1) is 12.9 Å². The van der Waals surface area contributed by atoms with E-state index in [2.05, 4.69) is 15.0 Å². The zero-order valence-electron chi connectivity index (χ0n) is 7.27. The maximum absolute atomic E-state index is 12.7. The van der Waals surface area contributed by atoms with E-state index in [0.717, 1.165) is 10.0 Å². The van der Waals surface area contributed by atoms with Crippen LogP contribution in [0.15, 0.2) is 27.1 Å². The normalized spacial score (nSPS) is 10.4. The largest absolute Gasteiger partial charge is 0.235 e. The summed E-state index contributed by atoms with van der Waals surface area (Å²) in [4.78, 5) is 11.5. The summed E-state index contributed by atoms with van der Waals surface area (Å²) in [6, 6.07) is 1.29. The molecule has 3 nitrogen and oxygen atoms in total. The fourth-order valence-corrected chi connectivity index (χ4v) is 2.58. The Bertz CT molecular complexity index is 444. The Labute approximate surface area is 88.4 Å². The van der Waals surface area contributed by atoms with E-state index < -0.39 is 5.95 Å². The van der Waals surface area contributed by atoms with Gasteiger partial charge in [-0.25, -0.2) is 15.0 Å². The Kier molecular flexibility index (Phi) is 2.74. The van der Waals surface area contributed by atoms with Crippen LogP contribution in [0.2, 0.25) is 0 Å². The third-order valence-corrected chi connectivity index (χ3v) is 3.39. The SMILES string of the molecule is Cc1csc(Sc2cc(F)ncn2)n1. The molecule has 0 aliphatic carbocycles. The van der Waals surface area contributed by atoms with Crippen molar-refractivity contribution < 1.29 is 4.39 Å². The van der Waals surface area contributed by atoms with Crippen molar-refractivity contribution in [2.75, 3.05) is 0 Å². The molecule has 6 heteroatoms. The molecule has 2 heterocycles. The molecule has 0 aliphatic heterocycles. The van der Waals surface area contributed by atoms with E-state index in [0.29, 0.717) is 5.03 Å². The molecule has 0 aliphatic rings. The van der Waals surface area contributed by atoms with Gasteiger partial charge in [0.05, 0.1) is 0 Å². The predicted molar refractivity (Wildman–Crippen MR) is 53.0 cm³/mol. The van der Waals surface area contributed by atoms with Crippen molar-refractivity contribution in [3.05, 3.63) is 29.4 Å². The number of nitrogens with zero attached hydrogens (tertiary/aromatic N) is 3. The van der Waals surface area contributed by atoms with Gasteiger partial charge in [-0.3, -0.25) is 0 Å². The lowest BCUT2D eigenvalue weighted by Gasteiger charge is -1.94. The van der Waals surface area contributed by atoms with Crippen LogP contribution in [-0.4, -0.2) is 15.0 Å². The average molecular weight is 227 g/mol. The maximum Gasteiger partial charge on any atom is 0.217 e. The molecular weight excluding hydrogens is 221 g/mol. The fraction of sp³-hybridized carbons (Fsp3) is 0.125. The highest BCUT2D eigenvalue weighted by Gasteiger charge is 2.03. The van der Waals surface area contributed by atoms with Gasteiger partial charge >= 0.3 is 0 Å². The van der Waals surface area contributed by atoms with Gasteiger partial charge in [0.25, 0.3) is 0 Å². The topological polar surface area (TPSA) is 38.7 Å². The minimum absolute atomic E-state index is 0.518. The minimum Gasteiger partial charge on any atom is -0.235 e. The van der Waals surface area contributed by atoms with Crippen LogP contribution in [0.1, 0.15) is 5.69 Å². The molecule has 0 saturated heterocycles. The zero-order chi connectivity index (χ0) is 9.97. The van der Waals surface area contributed by atoms with E-state index in [1.165, 1.54) is 35.5 Å². The average Bonchev–Trinajstić information content (AvgIpc) is 2.51. The van der Waals surface area contributed by atoms with Crippen LogP contribution in [0.25, 0.3) is 0 Å². The van der Waals surface area contributed by atoms with Crippen molar-refractivity contribution in [2.45, 2.75) is 16.3 Å². The molecule has 72 valence electrons. The van der Waals surface area contributed by atoms with Gasteiger partial charge in [0.15, 0.2) is 4.34 Å². The number of aromatic nitrogens is 3. The Hall–Kier alpha value is -1.01. The van der Waals surface area contributed by atoms with Gasteiger partial charge in [-0.15, -0.1) is 11.3 Å². The monoisotopic (exact) mass is 227 g/mol. The highest BCUT2D eigenvalue weighted by atomic mass is 32.2. The lowest BCUT2D eigenvalue weighted by atomic mass is 10.6. The van der Waals surface area contributed by atoms with Gasteiger partial charge in [-0.1, -0.05) is 0 Å². The molecule has 0 bridgehead atoms. The molecular formula is C8H6FN3S2. The predicted octanol–water partition coefficient (Wildman–Crippen LogP) is 2.53. The molecule has 2 aromatic rings. The summed E-state index contributed by atoms with van der Waals surface area (Å²) < 4.78 is 13.6. The first kappa shape index (κ1) is 9.54. The number of hydrogen-bond donors (Lipinski definition) is 0. The second-order valence-corrected chi connectivity index (χ2v) is 4.66. The number of thiazole rings is 1. The second kappa shape index (κ2) is 4.02. The van der Waals surface area contributed by atoms with Crippen molar-refractivity contribution in [3.63, 3.8) is 0 Å². The summed E-state index contributed by atoms with van der Waals surface area (Å²) in [5.74, 6) is -0.518. The van der Waals surface area contributed by atoms with E-state index >= 15 is 0 Å². The van der Waals surface area contributed by atoms with E-state index in [4.69, 9.17) is 0 Å². The Morgan fingerprint density at radius 3 is 2.93 bits per heavy atom. The van der Waals surface area contributed by atoms with Crippen LogP contribution >= 0.6 is 23.1 Å². The number of rotatable bonds is 2. The number of halogens is 1. The molecule has 2 aromatic heterocycles. The Balaban J connectivity index is 2.18. The van der Waals surface area contributed by atoms with Crippen molar-refractivity contribution >= 4 is 23.1 Å². The highest BCUT2D eigenvalue weighted by Crippen LogP contribution is 2.28. The minimum atomic E-state index is -0.518. The van der Waals surface area contributed by atoms with Crippen LogP contribution in [0.5, 0.6) is 0 Å². The van der Waals surface area contributed by atoms with E-state index in [-0.39, 0.29) is 0 Å². The summed E-state index contributed by atoms with van der Waals surface area (Å²) in [5, 5.41) is 2.52. The summed E-state index contributed by atoms with van der Waals surface area (Å²) in [6.07, 6.45) is 1.21. The van der Waals surface area contributed by atoms with E-state index in [9.17, 15) is 4.39 Å². The molecule has 0 aromatic carbocycles. The Morgan fingerprint density at radius 2 is 2.29 bits per heavy atom. The molecule has 0 fully saturated rings. The van der Waals surface area contributed by atoms with Crippen molar-refractivity contribution in [1.82, 2.24) is 15.0 Å². The summed E-state index contributed by atoms with van der Waals surface area (Å²) in [6.45, 7) is 1.92. The Morgan fingerprint density at radius 1 is 1.43 bits per heavy atom. The standard InChI is InChI=1S/C8H6FN3S2/c1-5-3-13-8(12-5)14-7-2-6(9)10-4-11-7/h2-4H,1H3. The van der Waals surface area contributed by atoms with Crippen LogP contribution in [-0.2, 0) is 0 Å². The third kappa shape index (κ3) is 2.27. The molecule has 0 saturated carbocycles. The number of aryl methyl sites for hydroxylation is 1. The van der Waals surface area contributed by atoms with E-state index in [1.807, 2.05) is 12.3 Å². The van der Waals surface area contributed by atoms with Crippen LogP contribution in [0.4, 0.5) is 4.39 Å². The van der Waals surface area contributed by atoms with E-state index in [1.54, 1.807) is 0 Å². The lowest BCUT2D eigenvalue weighted by molar-refractivity contribution is 0.572. The molecule has 2 rings (SSSR count). The second-order valence-electron chi connectivity index (χ2n) is 2.54. The smallest absolute Gasteiger partial charge is 0.217 e. The third-order valence-electron chi connectivity index (χ3n) is 1.40.